The standard InChI is InChI=1S/C38H75NO3/c1-3-5-7-9-11-13-15-17-19-21-23-27-31-35(37(39)40)32-28-25-26-30-34-36(38(41)42)33-29-24-22-20-18-16-14-12-10-8-6-4-2/h35-36H,3-34H2,1-2H3,(H2,39,40)(H,41,42). The molecule has 0 saturated carbocycles. The lowest BCUT2D eigenvalue weighted by Gasteiger charge is -2.14. The second kappa shape index (κ2) is 32.8. The van der Waals surface area contributed by atoms with Gasteiger partial charge in [0.25, 0.3) is 0 Å². The molecular weight excluding hydrogens is 518 g/mol. The number of carbonyl (C=O) groups is 2. The Labute approximate surface area is 263 Å². The van der Waals surface area contributed by atoms with Crippen molar-refractivity contribution < 1.29 is 14.7 Å². The van der Waals surface area contributed by atoms with Gasteiger partial charge in [0.05, 0.1) is 5.92 Å². The van der Waals surface area contributed by atoms with Crippen LogP contribution in [0.25, 0.3) is 0 Å². The Bertz CT molecular complexity index is 529. The highest BCUT2D eigenvalue weighted by Gasteiger charge is 2.17. The van der Waals surface area contributed by atoms with E-state index < -0.39 is 5.97 Å². The number of nitrogens with two attached hydrogens (primary N) is 1. The summed E-state index contributed by atoms with van der Waals surface area (Å²) in [6, 6.07) is 0. The Morgan fingerprint density at radius 3 is 0.833 bits per heavy atom. The van der Waals surface area contributed by atoms with Gasteiger partial charge in [0.2, 0.25) is 5.91 Å². The van der Waals surface area contributed by atoms with Crippen molar-refractivity contribution in [2.24, 2.45) is 17.6 Å². The van der Waals surface area contributed by atoms with Gasteiger partial charge < -0.3 is 10.8 Å². The number of carboxylic acid groups (broad SMARTS) is 1. The van der Waals surface area contributed by atoms with Gasteiger partial charge in [0.15, 0.2) is 0 Å². The van der Waals surface area contributed by atoms with Crippen LogP contribution in [0.1, 0.15) is 219 Å². The summed E-state index contributed by atoms with van der Waals surface area (Å²) in [6.07, 6.45) is 39.4. The maximum absolute atomic E-state index is 11.9. The monoisotopic (exact) mass is 594 g/mol. The molecule has 3 N–H and O–H groups in total. The molecule has 0 aromatic carbocycles. The van der Waals surface area contributed by atoms with Crippen LogP contribution in [-0.4, -0.2) is 17.0 Å². The van der Waals surface area contributed by atoms with Crippen molar-refractivity contribution in [2.75, 3.05) is 0 Å². The number of aliphatic carboxylic acids is 1. The van der Waals surface area contributed by atoms with Crippen LogP contribution in [0.4, 0.5) is 0 Å². The second-order valence-electron chi connectivity index (χ2n) is 13.5. The SMILES string of the molecule is CCCCCCCCCCCCCCC(CCCCCCC(CCCCCCCCCCCCCC)C(=O)O)C(N)=O. The van der Waals surface area contributed by atoms with Crippen LogP contribution in [0, 0.1) is 11.8 Å². The van der Waals surface area contributed by atoms with E-state index in [9.17, 15) is 14.7 Å². The molecule has 2 atom stereocenters. The number of amides is 1. The number of carboxylic acids is 1. The average molecular weight is 594 g/mol. The Morgan fingerprint density at radius 2 is 0.619 bits per heavy atom. The molecule has 0 bridgehead atoms. The van der Waals surface area contributed by atoms with Crippen LogP contribution >= 0.6 is 0 Å². The molecule has 0 aromatic rings. The lowest BCUT2D eigenvalue weighted by Crippen LogP contribution is -2.23. The molecule has 0 heterocycles. The summed E-state index contributed by atoms with van der Waals surface area (Å²) in [5, 5.41) is 9.65. The minimum absolute atomic E-state index is 0.0192. The van der Waals surface area contributed by atoms with E-state index >= 15 is 0 Å². The molecule has 0 rings (SSSR count). The maximum Gasteiger partial charge on any atom is 0.306 e. The molecule has 0 fully saturated rings. The Morgan fingerprint density at radius 1 is 0.405 bits per heavy atom. The Kier molecular flexibility index (Phi) is 32.0. The van der Waals surface area contributed by atoms with E-state index in [0.717, 1.165) is 64.2 Å². The van der Waals surface area contributed by atoms with Crippen molar-refractivity contribution in [2.45, 2.75) is 219 Å². The maximum atomic E-state index is 11.9. The minimum Gasteiger partial charge on any atom is -0.481 e. The second-order valence-corrected chi connectivity index (χ2v) is 13.5. The highest BCUT2D eigenvalue weighted by Crippen LogP contribution is 2.22. The van der Waals surface area contributed by atoms with Crippen LogP contribution in [-0.2, 0) is 9.59 Å². The molecule has 4 nitrogen and oxygen atoms in total. The number of primary amides is 1. The van der Waals surface area contributed by atoms with Crippen molar-refractivity contribution in [1.29, 1.82) is 0 Å². The van der Waals surface area contributed by atoms with E-state index in [-0.39, 0.29) is 17.7 Å². The average Bonchev–Trinajstić information content (AvgIpc) is 2.97. The Balaban J connectivity index is 3.70. The number of carbonyl (C=O) groups excluding carboxylic acids is 1. The molecule has 0 spiro atoms. The van der Waals surface area contributed by atoms with Crippen molar-refractivity contribution in [1.82, 2.24) is 0 Å². The molecule has 0 aromatic heterocycles. The molecular formula is C38H75NO3. The largest absolute Gasteiger partial charge is 0.481 e. The fraction of sp³-hybridized carbons (Fsp3) is 0.947. The van der Waals surface area contributed by atoms with Gasteiger partial charge in [-0.25, -0.2) is 0 Å². The predicted molar refractivity (Wildman–Crippen MR) is 183 cm³/mol. The Hall–Kier alpha value is -1.06. The highest BCUT2D eigenvalue weighted by molar-refractivity contribution is 5.76. The predicted octanol–water partition coefficient (Wildman–Crippen LogP) is 12.3. The number of rotatable bonds is 35. The third kappa shape index (κ3) is 29.0. The summed E-state index contributed by atoms with van der Waals surface area (Å²) in [5.41, 5.74) is 5.70. The van der Waals surface area contributed by atoms with Gasteiger partial charge in [-0.15, -0.1) is 0 Å². The molecule has 1 amide bonds. The van der Waals surface area contributed by atoms with Crippen LogP contribution < -0.4 is 5.73 Å². The van der Waals surface area contributed by atoms with Crippen LogP contribution in [0.3, 0.4) is 0 Å². The van der Waals surface area contributed by atoms with E-state index in [0.29, 0.717) is 0 Å². The third-order valence-corrected chi connectivity index (χ3v) is 9.42. The van der Waals surface area contributed by atoms with E-state index in [1.807, 2.05) is 0 Å². The molecule has 4 heteroatoms. The minimum atomic E-state index is -0.616. The van der Waals surface area contributed by atoms with E-state index in [1.165, 1.54) is 141 Å². The summed E-state index contributed by atoms with van der Waals surface area (Å²) in [7, 11) is 0. The first kappa shape index (κ1) is 40.9. The molecule has 0 radical (unpaired) electrons. The van der Waals surface area contributed by atoms with Gasteiger partial charge in [-0.05, 0) is 25.7 Å². The van der Waals surface area contributed by atoms with Gasteiger partial charge >= 0.3 is 5.97 Å². The smallest absolute Gasteiger partial charge is 0.306 e. The lowest BCUT2D eigenvalue weighted by atomic mass is 9.92. The highest BCUT2D eigenvalue weighted by atomic mass is 16.4. The molecule has 0 aliphatic carbocycles. The van der Waals surface area contributed by atoms with Gasteiger partial charge in [-0.2, -0.15) is 0 Å². The van der Waals surface area contributed by atoms with Crippen molar-refractivity contribution in [3.05, 3.63) is 0 Å². The lowest BCUT2D eigenvalue weighted by molar-refractivity contribution is -0.142. The van der Waals surface area contributed by atoms with Crippen molar-refractivity contribution in [3.8, 4) is 0 Å². The molecule has 2 unspecified atom stereocenters. The number of hydrogen-bond donors (Lipinski definition) is 2. The summed E-state index contributed by atoms with van der Waals surface area (Å²) >= 11 is 0. The van der Waals surface area contributed by atoms with E-state index in [1.54, 1.807) is 0 Å². The van der Waals surface area contributed by atoms with E-state index in [4.69, 9.17) is 5.73 Å². The first-order valence-electron chi connectivity index (χ1n) is 19.0. The fourth-order valence-electron chi connectivity index (χ4n) is 6.42. The zero-order valence-electron chi connectivity index (χ0n) is 28.6. The van der Waals surface area contributed by atoms with Crippen LogP contribution in [0.2, 0.25) is 0 Å². The van der Waals surface area contributed by atoms with E-state index in [2.05, 4.69) is 13.8 Å². The third-order valence-electron chi connectivity index (χ3n) is 9.42. The van der Waals surface area contributed by atoms with Gasteiger partial charge in [-0.1, -0.05) is 194 Å². The molecule has 0 aliphatic rings. The van der Waals surface area contributed by atoms with Gasteiger partial charge in [0, 0.05) is 5.92 Å². The summed E-state index contributed by atoms with van der Waals surface area (Å²) < 4.78 is 0. The summed E-state index contributed by atoms with van der Waals surface area (Å²) in [6.45, 7) is 4.54. The number of hydrogen-bond acceptors (Lipinski definition) is 2. The van der Waals surface area contributed by atoms with Crippen LogP contribution in [0.15, 0.2) is 0 Å². The fourth-order valence-corrected chi connectivity index (χ4v) is 6.42. The molecule has 42 heavy (non-hydrogen) atoms. The van der Waals surface area contributed by atoms with Gasteiger partial charge in [-0.3, -0.25) is 9.59 Å². The zero-order chi connectivity index (χ0) is 30.9. The summed E-state index contributed by atoms with van der Waals surface area (Å²) in [4.78, 5) is 23.7. The quantitative estimate of drug-likeness (QED) is 0.0717. The molecule has 250 valence electrons. The summed E-state index contributed by atoms with van der Waals surface area (Å²) in [5.74, 6) is -0.913. The zero-order valence-corrected chi connectivity index (χ0v) is 28.6. The molecule has 0 saturated heterocycles. The number of unbranched alkanes of at least 4 members (excludes halogenated alkanes) is 25. The first-order valence-corrected chi connectivity index (χ1v) is 19.0. The van der Waals surface area contributed by atoms with Gasteiger partial charge in [0.1, 0.15) is 0 Å². The normalized spacial score (nSPS) is 12.9. The van der Waals surface area contributed by atoms with Crippen molar-refractivity contribution in [3.63, 3.8) is 0 Å². The van der Waals surface area contributed by atoms with Crippen LogP contribution in [0.5, 0.6) is 0 Å². The first-order chi connectivity index (χ1) is 20.5. The molecule has 0 aliphatic heterocycles. The topological polar surface area (TPSA) is 80.4 Å². The van der Waals surface area contributed by atoms with Crippen molar-refractivity contribution >= 4 is 11.9 Å².